The first kappa shape index (κ1) is 12.1. The number of oxime groups is 1. The summed E-state index contributed by atoms with van der Waals surface area (Å²) in [6.45, 7) is 0.519. The highest BCUT2D eigenvalue weighted by Crippen LogP contribution is 2.12. The third kappa shape index (κ3) is 3.07. The van der Waals surface area contributed by atoms with Crippen LogP contribution in [-0.2, 0) is 13.7 Å². The summed E-state index contributed by atoms with van der Waals surface area (Å²) in [4.78, 5) is 0. The van der Waals surface area contributed by atoms with Gasteiger partial charge in [0.15, 0.2) is 12.8 Å². The maximum absolute atomic E-state index is 8.41. The molecule has 92 valence electrons. The minimum absolute atomic E-state index is 0.519. The van der Waals surface area contributed by atoms with Gasteiger partial charge < -0.3 is 9.94 Å². The largest absolute Gasteiger partial charge is 0.483 e. The second-order valence-corrected chi connectivity index (χ2v) is 3.91. The van der Waals surface area contributed by atoms with Crippen LogP contribution in [-0.4, -0.2) is 11.4 Å². The van der Waals surface area contributed by atoms with Gasteiger partial charge in [-0.05, 0) is 35.9 Å². The Morgan fingerprint density at radius 1 is 1.22 bits per heavy atom. The number of aromatic nitrogens is 1. The van der Waals surface area contributed by atoms with Crippen LogP contribution in [0.5, 0.6) is 5.75 Å². The molecule has 0 radical (unpaired) electrons. The molecule has 0 aliphatic heterocycles. The molecular formula is C14H15N2O2+. The van der Waals surface area contributed by atoms with E-state index in [1.165, 1.54) is 6.21 Å². The predicted octanol–water partition coefficient (Wildman–Crippen LogP) is 1.90. The minimum atomic E-state index is 0.519. The maximum Gasteiger partial charge on any atom is 0.219 e. The van der Waals surface area contributed by atoms with Crippen LogP contribution in [0.1, 0.15) is 11.3 Å². The zero-order chi connectivity index (χ0) is 12.8. The molecule has 2 aromatic rings. The summed E-state index contributed by atoms with van der Waals surface area (Å²) in [7, 11) is 1.99. The first-order valence-electron chi connectivity index (χ1n) is 5.63. The molecule has 1 aromatic carbocycles. The van der Waals surface area contributed by atoms with Crippen LogP contribution < -0.4 is 9.30 Å². The Morgan fingerprint density at radius 3 is 2.67 bits per heavy atom. The molecule has 0 spiro atoms. The Kier molecular flexibility index (Phi) is 3.91. The number of ether oxygens (including phenoxy) is 1. The van der Waals surface area contributed by atoms with E-state index in [4.69, 9.17) is 9.94 Å². The Bertz CT molecular complexity index is 536. The summed E-state index contributed by atoms with van der Waals surface area (Å²) < 4.78 is 7.70. The lowest BCUT2D eigenvalue weighted by Gasteiger charge is -2.04. The van der Waals surface area contributed by atoms with Crippen molar-refractivity contribution < 1.29 is 14.5 Å². The maximum atomic E-state index is 8.41. The molecule has 4 heteroatoms. The number of rotatable bonds is 4. The van der Waals surface area contributed by atoms with Gasteiger partial charge in [-0.25, -0.2) is 4.57 Å². The molecule has 0 amide bonds. The monoisotopic (exact) mass is 243 g/mol. The zero-order valence-electron chi connectivity index (χ0n) is 10.2. The minimum Gasteiger partial charge on any atom is -0.483 e. The number of aryl methyl sites for hydroxylation is 1. The summed E-state index contributed by atoms with van der Waals surface area (Å²) >= 11 is 0. The highest BCUT2D eigenvalue weighted by Gasteiger charge is 2.05. The van der Waals surface area contributed by atoms with E-state index in [0.29, 0.717) is 6.61 Å². The number of nitrogens with zero attached hydrogens (tertiary/aromatic N) is 2. The van der Waals surface area contributed by atoms with Gasteiger partial charge in [-0.2, -0.15) is 0 Å². The van der Waals surface area contributed by atoms with Gasteiger partial charge in [0.05, 0.1) is 6.21 Å². The van der Waals surface area contributed by atoms with Crippen molar-refractivity contribution in [2.75, 3.05) is 0 Å². The Labute approximate surface area is 106 Å². The van der Waals surface area contributed by atoms with E-state index >= 15 is 0 Å². The van der Waals surface area contributed by atoms with Crippen LogP contribution in [0.2, 0.25) is 0 Å². The molecule has 0 aliphatic carbocycles. The molecule has 0 fully saturated rings. The average molecular weight is 243 g/mol. The normalized spacial score (nSPS) is 10.7. The van der Waals surface area contributed by atoms with E-state index in [-0.39, 0.29) is 0 Å². The van der Waals surface area contributed by atoms with Gasteiger partial charge in [0.2, 0.25) is 5.69 Å². The molecule has 0 saturated heterocycles. The molecule has 0 aliphatic rings. The summed E-state index contributed by atoms with van der Waals surface area (Å²) in [5, 5.41) is 11.4. The van der Waals surface area contributed by atoms with Crippen LogP contribution in [0.4, 0.5) is 0 Å². The number of hydrogen-bond acceptors (Lipinski definition) is 3. The second-order valence-electron chi connectivity index (χ2n) is 3.91. The van der Waals surface area contributed by atoms with Crippen molar-refractivity contribution in [1.29, 1.82) is 0 Å². The quantitative estimate of drug-likeness (QED) is 0.386. The lowest BCUT2D eigenvalue weighted by molar-refractivity contribution is -0.680. The summed E-state index contributed by atoms with van der Waals surface area (Å²) in [6, 6.07) is 13.3. The van der Waals surface area contributed by atoms with Gasteiger partial charge in [0.25, 0.3) is 0 Å². The molecule has 0 atom stereocenters. The fourth-order valence-corrected chi connectivity index (χ4v) is 1.58. The Morgan fingerprint density at radius 2 is 2.00 bits per heavy atom. The van der Waals surface area contributed by atoms with Gasteiger partial charge in [0, 0.05) is 12.1 Å². The molecule has 0 saturated carbocycles. The predicted molar refractivity (Wildman–Crippen MR) is 67.8 cm³/mol. The number of benzene rings is 1. The smallest absolute Gasteiger partial charge is 0.219 e. The van der Waals surface area contributed by atoms with Crippen LogP contribution in [0, 0.1) is 0 Å². The van der Waals surface area contributed by atoms with Crippen molar-refractivity contribution in [3.63, 3.8) is 0 Å². The Hall–Kier alpha value is -2.36. The van der Waals surface area contributed by atoms with E-state index in [2.05, 4.69) is 5.16 Å². The third-order valence-electron chi connectivity index (χ3n) is 2.64. The van der Waals surface area contributed by atoms with Crippen LogP contribution in [0.25, 0.3) is 0 Å². The van der Waals surface area contributed by atoms with Crippen molar-refractivity contribution in [2.24, 2.45) is 12.2 Å². The standard InChI is InChI=1S/C14H14N2O2/c1-16-9-3-2-4-13(16)11-18-14-7-5-12(6-8-14)10-15-17/h2-10H,11H2,1H3/p+1/b15-10+. The summed E-state index contributed by atoms with van der Waals surface area (Å²) in [6.07, 6.45) is 3.36. The van der Waals surface area contributed by atoms with Crippen molar-refractivity contribution in [3.8, 4) is 5.75 Å². The lowest BCUT2D eigenvalue weighted by atomic mass is 10.2. The van der Waals surface area contributed by atoms with Crippen molar-refractivity contribution in [2.45, 2.75) is 6.61 Å². The highest BCUT2D eigenvalue weighted by molar-refractivity contribution is 5.79. The Balaban J connectivity index is 2.00. The van der Waals surface area contributed by atoms with Gasteiger partial charge in [0.1, 0.15) is 12.8 Å². The first-order chi connectivity index (χ1) is 8.79. The zero-order valence-corrected chi connectivity index (χ0v) is 10.2. The van der Waals surface area contributed by atoms with Gasteiger partial charge in [-0.15, -0.1) is 0 Å². The second kappa shape index (κ2) is 5.82. The summed E-state index contributed by atoms with van der Waals surface area (Å²) in [5.74, 6) is 0.786. The first-order valence-corrected chi connectivity index (χ1v) is 5.63. The summed E-state index contributed by atoms with van der Waals surface area (Å²) in [5.41, 5.74) is 1.92. The van der Waals surface area contributed by atoms with Gasteiger partial charge >= 0.3 is 0 Å². The van der Waals surface area contributed by atoms with E-state index in [9.17, 15) is 0 Å². The lowest BCUT2D eigenvalue weighted by Crippen LogP contribution is -2.33. The van der Waals surface area contributed by atoms with Gasteiger partial charge in [-0.3, -0.25) is 0 Å². The van der Waals surface area contributed by atoms with E-state index in [1.54, 1.807) is 0 Å². The molecule has 1 aromatic heterocycles. The van der Waals surface area contributed by atoms with Crippen LogP contribution >= 0.6 is 0 Å². The van der Waals surface area contributed by atoms with Crippen LogP contribution in [0.15, 0.2) is 53.8 Å². The van der Waals surface area contributed by atoms with Crippen molar-refractivity contribution in [1.82, 2.24) is 0 Å². The van der Waals surface area contributed by atoms with E-state index in [1.807, 2.05) is 60.3 Å². The highest BCUT2D eigenvalue weighted by atomic mass is 16.5. The van der Waals surface area contributed by atoms with E-state index in [0.717, 1.165) is 17.0 Å². The fourth-order valence-electron chi connectivity index (χ4n) is 1.58. The molecule has 0 bridgehead atoms. The van der Waals surface area contributed by atoms with Crippen LogP contribution in [0.3, 0.4) is 0 Å². The molecule has 18 heavy (non-hydrogen) atoms. The molecule has 1 heterocycles. The fraction of sp³-hybridized carbons (Fsp3) is 0.143. The molecular weight excluding hydrogens is 228 g/mol. The average Bonchev–Trinajstić information content (AvgIpc) is 2.40. The topological polar surface area (TPSA) is 45.7 Å². The number of pyridine rings is 1. The molecule has 2 rings (SSSR count). The molecule has 0 unspecified atom stereocenters. The number of hydrogen-bond donors (Lipinski definition) is 1. The van der Waals surface area contributed by atoms with Crippen molar-refractivity contribution in [3.05, 3.63) is 59.9 Å². The molecule has 1 N–H and O–H groups in total. The van der Waals surface area contributed by atoms with Crippen molar-refractivity contribution >= 4 is 6.21 Å². The van der Waals surface area contributed by atoms with Gasteiger partial charge in [-0.1, -0.05) is 5.16 Å². The van der Waals surface area contributed by atoms with E-state index < -0.39 is 0 Å². The SMILES string of the molecule is C[n+]1ccccc1COc1ccc(/C=N/O)cc1. The third-order valence-corrected chi connectivity index (χ3v) is 2.64. The molecule has 4 nitrogen and oxygen atoms in total.